The Bertz CT molecular complexity index is 1620. The van der Waals surface area contributed by atoms with Gasteiger partial charge in [-0.15, -0.1) is 0 Å². The third-order valence-corrected chi connectivity index (χ3v) is 16.7. The van der Waals surface area contributed by atoms with Gasteiger partial charge >= 0.3 is 39.5 Å². The quantitative estimate of drug-likeness (QED) is 0.0222. The number of esters is 4. The Kier molecular flexibility index (Phi) is 56.4. The van der Waals surface area contributed by atoms with Crippen LogP contribution in [0.5, 0.6) is 0 Å². The van der Waals surface area contributed by atoms with Gasteiger partial charge in [-0.05, 0) is 31.6 Å². The van der Waals surface area contributed by atoms with Gasteiger partial charge in [0.25, 0.3) is 0 Å². The molecule has 0 aromatic rings. The second kappa shape index (κ2) is 57.8. The number of ether oxygens (including phenoxy) is 4. The first-order chi connectivity index (χ1) is 40.0. The number of aliphatic hydroxyl groups is 1. The van der Waals surface area contributed by atoms with Crippen LogP contribution in [-0.4, -0.2) is 96.7 Å². The van der Waals surface area contributed by atoms with E-state index in [-0.39, 0.29) is 25.7 Å². The molecular formula is C64H124O17P2. The molecule has 0 amide bonds. The lowest BCUT2D eigenvalue weighted by molar-refractivity contribution is -0.161. The second-order valence-corrected chi connectivity index (χ2v) is 26.5. The molecule has 5 atom stereocenters. The summed E-state index contributed by atoms with van der Waals surface area (Å²) >= 11 is 0. The van der Waals surface area contributed by atoms with Gasteiger partial charge in [-0.1, -0.05) is 272 Å². The highest BCUT2D eigenvalue weighted by molar-refractivity contribution is 7.47. The number of carbonyl (C=O) groups excluding carboxylic acids is 4. The minimum Gasteiger partial charge on any atom is -0.462 e. The van der Waals surface area contributed by atoms with Gasteiger partial charge < -0.3 is 33.8 Å². The standard InChI is InChI=1S/C64H124O17P2/c1-6-9-12-15-18-20-22-23-24-25-26-27-29-34-40-45-50-64(69)81-60(54-75-62(67)48-43-38-35-30-32-36-41-46-57(4)5)56-79-83(72,73)77-52-58(65)51-76-82(70,71)78-55-59(53-74-61(66)47-42-37-31-17-14-11-8-3)80-63(68)49-44-39-33-28-21-19-16-13-10-7-2/h57-60,65H,6-56H2,1-5H3,(H,70,71)(H,72,73)/t58-,59+,60+/m0/s1. The van der Waals surface area contributed by atoms with Crippen LogP contribution in [0.2, 0.25) is 0 Å². The summed E-state index contributed by atoms with van der Waals surface area (Å²) in [4.78, 5) is 72.1. The molecule has 0 bridgehead atoms. The van der Waals surface area contributed by atoms with E-state index in [1.165, 1.54) is 128 Å². The highest BCUT2D eigenvalue weighted by Gasteiger charge is 2.30. The van der Waals surface area contributed by atoms with Crippen LogP contribution in [0.15, 0.2) is 0 Å². The summed E-state index contributed by atoms with van der Waals surface area (Å²) in [5, 5.41) is 10.5. The number of aliphatic hydroxyl groups excluding tert-OH is 1. The molecule has 0 radical (unpaired) electrons. The van der Waals surface area contributed by atoms with E-state index in [1.807, 2.05) is 0 Å². The van der Waals surface area contributed by atoms with Crippen molar-refractivity contribution in [3.8, 4) is 0 Å². The number of phosphoric ester groups is 2. The topological polar surface area (TPSA) is 237 Å². The van der Waals surface area contributed by atoms with Gasteiger partial charge in [-0.25, -0.2) is 9.13 Å². The van der Waals surface area contributed by atoms with Crippen molar-refractivity contribution in [1.29, 1.82) is 0 Å². The molecule has 0 aliphatic heterocycles. The number of unbranched alkanes of at least 4 members (excludes halogenated alkanes) is 36. The summed E-state index contributed by atoms with van der Waals surface area (Å²) in [5.41, 5.74) is 0. The minimum absolute atomic E-state index is 0.106. The van der Waals surface area contributed by atoms with Crippen LogP contribution in [0.1, 0.15) is 324 Å². The van der Waals surface area contributed by atoms with Crippen molar-refractivity contribution >= 4 is 39.5 Å². The van der Waals surface area contributed by atoms with Gasteiger partial charge in [0, 0.05) is 25.7 Å². The molecule has 0 spiro atoms. The highest BCUT2D eigenvalue weighted by atomic mass is 31.2. The molecule has 0 aliphatic rings. The van der Waals surface area contributed by atoms with Crippen LogP contribution in [0.3, 0.4) is 0 Å². The molecule has 19 heteroatoms. The number of carbonyl (C=O) groups is 4. The molecule has 3 N–H and O–H groups in total. The number of phosphoric acid groups is 2. The minimum atomic E-state index is -4.94. The maximum Gasteiger partial charge on any atom is 0.472 e. The Balaban J connectivity index is 5.19. The number of hydrogen-bond acceptors (Lipinski definition) is 15. The summed E-state index contributed by atoms with van der Waals surface area (Å²) < 4.78 is 67.9. The average molecular weight is 1230 g/mol. The van der Waals surface area contributed by atoms with Gasteiger partial charge in [0.1, 0.15) is 19.3 Å². The summed E-state index contributed by atoms with van der Waals surface area (Å²) in [7, 11) is -9.88. The summed E-state index contributed by atoms with van der Waals surface area (Å²) in [5.74, 6) is -1.43. The van der Waals surface area contributed by atoms with Gasteiger partial charge in [-0.2, -0.15) is 0 Å². The Morgan fingerprint density at radius 1 is 0.325 bits per heavy atom. The van der Waals surface area contributed by atoms with Crippen molar-refractivity contribution < 1.29 is 80.2 Å². The zero-order valence-corrected chi connectivity index (χ0v) is 55.1. The molecule has 0 aromatic heterocycles. The van der Waals surface area contributed by atoms with Crippen molar-refractivity contribution in [1.82, 2.24) is 0 Å². The van der Waals surface area contributed by atoms with E-state index >= 15 is 0 Å². The van der Waals surface area contributed by atoms with Crippen molar-refractivity contribution in [2.24, 2.45) is 5.92 Å². The fourth-order valence-corrected chi connectivity index (χ4v) is 11.2. The molecule has 2 unspecified atom stereocenters. The van der Waals surface area contributed by atoms with Crippen LogP contribution in [-0.2, 0) is 65.4 Å². The SMILES string of the molecule is CCCCCCCCCCCCCCCCCCC(=O)O[C@H](COC(=O)CCCCCCCCCC(C)C)COP(=O)(O)OC[C@@H](O)COP(=O)(O)OC[C@@H](COC(=O)CCCCCCCCC)OC(=O)CCCCCCCCCCCC. The first kappa shape index (κ1) is 81.1. The van der Waals surface area contributed by atoms with Crippen molar-refractivity contribution in [3.63, 3.8) is 0 Å². The third-order valence-electron chi connectivity index (χ3n) is 14.8. The third kappa shape index (κ3) is 58.8. The van der Waals surface area contributed by atoms with Crippen LogP contribution in [0.4, 0.5) is 0 Å². The van der Waals surface area contributed by atoms with E-state index in [1.54, 1.807) is 0 Å². The Morgan fingerprint density at radius 2 is 0.554 bits per heavy atom. The Morgan fingerprint density at radius 3 is 0.819 bits per heavy atom. The summed E-state index contributed by atoms with van der Waals surface area (Å²) in [6.07, 6.45) is 41.9. The lowest BCUT2D eigenvalue weighted by Gasteiger charge is -2.21. The predicted molar refractivity (Wildman–Crippen MR) is 331 cm³/mol. The Hall–Kier alpha value is -1.94. The largest absolute Gasteiger partial charge is 0.472 e. The van der Waals surface area contributed by atoms with E-state index in [4.69, 9.17) is 37.0 Å². The zero-order chi connectivity index (χ0) is 61.3. The summed E-state index contributed by atoms with van der Waals surface area (Å²) in [6, 6.07) is 0. The first-order valence-corrected chi connectivity index (χ1v) is 36.6. The molecule has 0 rings (SSSR count). The molecule has 0 saturated heterocycles. The lowest BCUT2D eigenvalue weighted by Crippen LogP contribution is -2.30. The van der Waals surface area contributed by atoms with E-state index in [2.05, 4.69) is 34.6 Å². The molecule has 0 aromatic carbocycles. The molecule has 0 heterocycles. The maximum absolute atomic E-state index is 13.0. The fraction of sp³-hybridized carbons (Fsp3) is 0.938. The van der Waals surface area contributed by atoms with E-state index < -0.39 is 97.5 Å². The molecule has 0 aliphatic carbocycles. The number of hydrogen-bond donors (Lipinski definition) is 3. The van der Waals surface area contributed by atoms with Crippen LogP contribution >= 0.6 is 15.6 Å². The molecule has 17 nitrogen and oxygen atoms in total. The molecule has 0 saturated carbocycles. The Labute approximate surface area is 505 Å². The highest BCUT2D eigenvalue weighted by Crippen LogP contribution is 2.45. The van der Waals surface area contributed by atoms with E-state index in [0.717, 1.165) is 109 Å². The maximum atomic E-state index is 13.0. The van der Waals surface area contributed by atoms with Gasteiger partial charge in [-0.3, -0.25) is 37.3 Å². The van der Waals surface area contributed by atoms with Gasteiger partial charge in [0.15, 0.2) is 12.2 Å². The fourth-order valence-electron chi connectivity index (χ4n) is 9.58. The van der Waals surface area contributed by atoms with Gasteiger partial charge in [0.05, 0.1) is 26.4 Å². The first-order valence-electron chi connectivity index (χ1n) is 33.6. The van der Waals surface area contributed by atoms with Crippen LogP contribution in [0.25, 0.3) is 0 Å². The molecule has 492 valence electrons. The zero-order valence-electron chi connectivity index (χ0n) is 53.3. The predicted octanol–water partition coefficient (Wildman–Crippen LogP) is 17.8. The van der Waals surface area contributed by atoms with Gasteiger partial charge in [0.2, 0.25) is 0 Å². The van der Waals surface area contributed by atoms with Crippen molar-refractivity contribution in [2.75, 3.05) is 39.6 Å². The van der Waals surface area contributed by atoms with Crippen molar-refractivity contribution in [2.45, 2.75) is 342 Å². The van der Waals surface area contributed by atoms with Crippen LogP contribution in [0, 0.1) is 5.92 Å². The molecule has 83 heavy (non-hydrogen) atoms. The summed E-state index contributed by atoms with van der Waals surface area (Å²) in [6.45, 7) is 7.10. The normalized spacial score (nSPS) is 14.2. The molecule has 0 fully saturated rings. The lowest BCUT2D eigenvalue weighted by atomic mass is 10.0. The van der Waals surface area contributed by atoms with Crippen molar-refractivity contribution in [3.05, 3.63) is 0 Å². The monoisotopic (exact) mass is 1230 g/mol. The van der Waals surface area contributed by atoms with E-state index in [0.29, 0.717) is 31.6 Å². The van der Waals surface area contributed by atoms with Crippen LogP contribution < -0.4 is 0 Å². The number of rotatable bonds is 64. The van der Waals surface area contributed by atoms with E-state index in [9.17, 15) is 43.2 Å². The smallest absolute Gasteiger partial charge is 0.462 e. The second-order valence-electron chi connectivity index (χ2n) is 23.6. The molecular weight excluding hydrogens is 1100 g/mol. The average Bonchev–Trinajstić information content (AvgIpc) is 3.47.